The Labute approximate surface area is 198 Å². The maximum Gasteiger partial charge on any atom is 0.363 e. The molecule has 178 valence electrons. The normalized spacial score (nSPS) is 14.4. The van der Waals surface area contributed by atoms with Gasteiger partial charge in [-0.05, 0) is 42.0 Å². The zero-order valence-electron chi connectivity index (χ0n) is 17.9. The van der Waals surface area contributed by atoms with Crippen molar-refractivity contribution < 1.29 is 36.2 Å². The molecule has 0 aliphatic carbocycles. The van der Waals surface area contributed by atoms with Crippen LogP contribution in [-0.4, -0.2) is 32.3 Å². The van der Waals surface area contributed by atoms with Crippen molar-refractivity contribution in [1.29, 1.82) is 0 Å². The van der Waals surface area contributed by atoms with Crippen LogP contribution in [0.3, 0.4) is 0 Å². The maximum absolute atomic E-state index is 14.0. The number of para-hydroxylation sites is 1. The van der Waals surface area contributed by atoms with Crippen LogP contribution in [0.1, 0.15) is 11.1 Å². The fraction of sp³-hybridized carbons (Fsp3) is 0.0435. The van der Waals surface area contributed by atoms with E-state index in [0.29, 0.717) is 5.56 Å². The molecule has 0 saturated carbocycles. The molecule has 3 aromatic rings. The monoisotopic (exact) mass is 498 g/mol. The number of hydrogen-bond donors (Lipinski definition) is 0. The third kappa shape index (κ3) is 4.87. The molecule has 0 unspecified atom stereocenters. The van der Waals surface area contributed by atoms with Crippen molar-refractivity contribution in [3.05, 3.63) is 99.5 Å². The van der Waals surface area contributed by atoms with Crippen LogP contribution in [0.25, 0.3) is 6.08 Å². The minimum Gasteiger partial charge on any atom is -0.493 e. The largest absolute Gasteiger partial charge is 0.493 e. The van der Waals surface area contributed by atoms with E-state index in [2.05, 4.69) is 4.99 Å². The van der Waals surface area contributed by atoms with Crippen molar-refractivity contribution in [2.24, 2.45) is 4.99 Å². The van der Waals surface area contributed by atoms with Gasteiger partial charge in [-0.25, -0.2) is 14.2 Å². The van der Waals surface area contributed by atoms with Crippen LogP contribution in [0, 0.1) is 15.9 Å². The molecule has 1 aliphatic heterocycles. The molecule has 4 rings (SSSR count). The van der Waals surface area contributed by atoms with Crippen LogP contribution in [0.15, 0.2) is 82.3 Å². The lowest BCUT2D eigenvalue weighted by Crippen LogP contribution is -2.12. The lowest BCUT2D eigenvalue weighted by Gasteiger charge is -2.11. The highest BCUT2D eigenvalue weighted by Gasteiger charge is 2.29. The van der Waals surface area contributed by atoms with E-state index in [-0.39, 0.29) is 28.7 Å². The highest BCUT2D eigenvalue weighted by Crippen LogP contribution is 2.34. The zero-order chi connectivity index (χ0) is 25.2. The Bertz CT molecular complexity index is 1520. The van der Waals surface area contributed by atoms with Crippen LogP contribution in [0.4, 0.5) is 10.1 Å². The number of methoxy groups -OCH3 is 1. The summed E-state index contributed by atoms with van der Waals surface area (Å²) in [5.41, 5.74) is -0.379. The lowest BCUT2D eigenvalue weighted by molar-refractivity contribution is -0.387. The average Bonchev–Trinajstić information content (AvgIpc) is 3.19. The predicted molar refractivity (Wildman–Crippen MR) is 121 cm³/mol. The van der Waals surface area contributed by atoms with E-state index in [1.54, 1.807) is 6.07 Å². The minimum atomic E-state index is -4.58. The first-order chi connectivity index (χ1) is 16.7. The summed E-state index contributed by atoms with van der Waals surface area (Å²) in [6.07, 6.45) is 1.33. The number of cyclic esters (lactones) is 1. The number of benzene rings is 3. The topological polar surface area (TPSA) is 134 Å². The smallest absolute Gasteiger partial charge is 0.363 e. The van der Waals surface area contributed by atoms with Crippen molar-refractivity contribution in [3.8, 4) is 11.5 Å². The average molecular weight is 498 g/mol. The Balaban J connectivity index is 1.64. The molecule has 12 heteroatoms. The summed E-state index contributed by atoms with van der Waals surface area (Å²) in [7, 11) is -3.32. The fourth-order valence-electron chi connectivity index (χ4n) is 3.14. The molecule has 0 radical (unpaired) electrons. The van der Waals surface area contributed by atoms with Gasteiger partial charge in [0, 0.05) is 6.07 Å². The van der Waals surface area contributed by atoms with Crippen LogP contribution in [0.5, 0.6) is 11.5 Å². The summed E-state index contributed by atoms with van der Waals surface area (Å²) in [5, 5.41) is 11.2. The standard InChI is InChI=1S/C23H15FN2O8S/c1-32-20-13-14(12-17-23(27)33-22(25-17)15-6-2-3-7-16(15)24)10-11-19(20)34-35(30,31)21-9-5-4-8-18(21)26(28)29/h2-13H,1H3/b17-12+. The summed E-state index contributed by atoms with van der Waals surface area (Å²) < 4.78 is 54.7. The third-order valence-corrected chi connectivity index (χ3v) is 6.03. The number of esters is 1. The number of nitro groups is 1. The Hall–Kier alpha value is -4.58. The summed E-state index contributed by atoms with van der Waals surface area (Å²) in [5.74, 6) is -1.88. The molecule has 0 aromatic heterocycles. The van der Waals surface area contributed by atoms with Gasteiger partial charge in [0.2, 0.25) is 5.90 Å². The van der Waals surface area contributed by atoms with Gasteiger partial charge in [0.25, 0.3) is 5.69 Å². The highest BCUT2D eigenvalue weighted by atomic mass is 32.2. The van der Waals surface area contributed by atoms with E-state index in [4.69, 9.17) is 13.7 Å². The number of aliphatic imine (C=N–C) groups is 1. The summed E-state index contributed by atoms with van der Waals surface area (Å²) in [4.78, 5) is 26.0. The lowest BCUT2D eigenvalue weighted by atomic mass is 10.1. The molecule has 0 N–H and O–H groups in total. The first kappa shape index (κ1) is 23.6. The van der Waals surface area contributed by atoms with Crippen LogP contribution in [-0.2, 0) is 19.6 Å². The van der Waals surface area contributed by atoms with E-state index >= 15 is 0 Å². The Morgan fingerprint density at radius 2 is 1.77 bits per heavy atom. The van der Waals surface area contributed by atoms with Gasteiger partial charge in [0.05, 0.1) is 17.6 Å². The van der Waals surface area contributed by atoms with Gasteiger partial charge in [-0.1, -0.05) is 30.3 Å². The number of rotatable bonds is 7. The molecule has 35 heavy (non-hydrogen) atoms. The SMILES string of the molecule is COc1cc(/C=C2/N=C(c3ccccc3F)OC2=O)ccc1OS(=O)(=O)c1ccccc1[N+](=O)[O-]. The van der Waals surface area contributed by atoms with Crippen molar-refractivity contribution in [3.63, 3.8) is 0 Å². The molecule has 0 bridgehead atoms. The molecule has 3 aromatic carbocycles. The fourth-order valence-corrected chi connectivity index (χ4v) is 4.25. The summed E-state index contributed by atoms with van der Waals surface area (Å²) in [6.45, 7) is 0. The zero-order valence-corrected chi connectivity index (χ0v) is 18.7. The van der Waals surface area contributed by atoms with Gasteiger partial charge in [0.1, 0.15) is 5.82 Å². The number of carbonyl (C=O) groups excluding carboxylic acids is 1. The molecule has 0 fully saturated rings. The molecule has 1 aliphatic rings. The highest BCUT2D eigenvalue weighted by molar-refractivity contribution is 7.87. The first-order valence-corrected chi connectivity index (χ1v) is 11.2. The van der Waals surface area contributed by atoms with Gasteiger partial charge in [-0.15, -0.1) is 0 Å². The summed E-state index contributed by atoms with van der Waals surface area (Å²) >= 11 is 0. The Kier molecular flexibility index (Phi) is 6.30. The minimum absolute atomic E-state index is 0.0193. The van der Waals surface area contributed by atoms with Crippen molar-refractivity contribution in [2.45, 2.75) is 4.90 Å². The van der Waals surface area contributed by atoms with Crippen molar-refractivity contribution in [1.82, 2.24) is 0 Å². The Morgan fingerprint density at radius 3 is 2.49 bits per heavy atom. The van der Waals surface area contributed by atoms with E-state index in [9.17, 15) is 27.7 Å². The second-order valence-corrected chi connectivity index (χ2v) is 8.50. The quantitative estimate of drug-likeness (QED) is 0.158. The van der Waals surface area contributed by atoms with Crippen LogP contribution < -0.4 is 8.92 Å². The number of nitrogens with zero attached hydrogens (tertiary/aromatic N) is 2. The van der Waals surface area contributed by atoms with Crippen molar-refractivity contribution >= 4 is 33.7 Å². The number of carbonyl (C=O) groups is 1. The molecule has 0 amide bonds. The number of halogens is 1. The molecule has 0 atom stereocenters. The first-order valence-electron chi connectivity index (χ1n) is 9.83. The molecule has 0 spiro atoms. The molecule has 10 nitrogen and oxygen atoms in total. The molecule has 1 heterocycles. The number of nitro benzene ring substituents is 1. The van der Waals surface area contributed by atoms with E-state index in [1.807, 2.05) is 0 Å². The van der Waals surface area contributed by atoms with Gasteiger partial charge in [0.15, 0.2) is 22.1 Å². The molecule has 0 saturated heterocycles. The molecular weight excluding hydrogens is 483 g/mol. The van der Waals surface area contributed by atoms with Crippen LogP contribution >= 0.6 is 0 Å². The van der Waals surface area contributed by atoms with E-state index < -0.39 is 37.4 Å². The van der Waals surface area contributed by atoms with Crippen molar-refractivity contribution in [2.75, 3.05) is 7.11 Å². The van der Waals surface area contributed by atoms with Gasteiger partial charge < -0.3 is 13.7 Å². The predicted octanol–water partition coefficient (Wildman–Crippen LogP) is 3.85. The maximum atomic E-state index is 14.0. The van der Waals surface area contributed by atoms with Crippen LogP contribution in [0.2, 0.25) is 0 Å². The second kappa shape index (κ2) is 9.35. The number of hydrogen-bond acceptors (Lipinski definition) is 9. The van der Waals surface area contributed by atoms with Gasteiger partial charge >= 0.3 is 16.1 Å². The van der Waals surface area contributed by atoms with E-state index in [1.165, 1.54) is 61.7 Å². The second-order valence-electron chi connectivity index (χ2n) is 6.99. The third-order valence-electron chi connectivity index (χ3n) is 4.75. The van der Waals surface area contributed by atoms with Gasteiger partial charge in [-0.3, -0.25) is 10.1 Å². The number of ether oxygens (including phenoxy) is 2. The van der Waals surface area contributed by atoms with Gasteiger partial charge in [-0.2, -0.15) is 8.42 Å². The molecular formula is C23H15FN2O8S. The Morgan fingerprint density at radius 1 is 1.06 bits per heavy atom. The summed E-state index contributed by atoms with van der Waals surface area (Å²) in [6, 6.07) is 14.4. The van der Waals surface area contributed by atoms with E-state index in [0.717, 1.165) is 12.1 Å².